The summed E-state index contributed by atoms with van der Waals surface area (Å²) in [4.78, 5) is 12.3. The Hall–Kier alpha value is -2.34. The number of hydrogen-bond donors (Lipinski definition) is 0. The molecule has 0 radical (unpaired) electrons. The summed E-state index contributed by atoms with van der Waals surface area (Å²) in [7, 11) is 0. The molecule has 132 valence electrons. The van der Waals surface area contributed by atoms with E-state index in [1.165, 1.54) is 47.7 Å². The van der Waals surface area contributed by atoms with Gasteiger partial charge in [-0.05, 0) is 37.0 Å². The molecule has 0 saturated carbocycles. The number of rotatable bonds is 3. The zero-order valence-electron chi connectivity index (χ0n) is 14.3. The van der Waals surface area contributed by atoms with Gasteiger partial charge < -0.3 is 9.47 Å². The SMILES string of the molecule is Fc1cnc2c(c1)ncn2Cc1ccc2c(c1)SCN2[C@H]1C=CCCC1. The second kappa shape index (κ2) is 6.43. The van der Waals surface area contributed by atoms with Crippen LogP contribution in [-0.2, 0) is 6.54 Å². The average Bonchev–Trinajstić information content (AvgIpc) is 3.26. The summed E-state index contributed by atoms with van der Waals surface area (Å²) in [6.07, 6.45) is 11.4. The normalized spacial score (nSPS) is 19.3. The van der Waals surface area contributed by atoms with Gasteiger partial charge in [0.25, 0.3) is 0 Å². The van der Waals surface area contributed by atoms with Crippen LogP contribution in [0.2, 0.25) is 0 Å². The van der Waals surface area contributed by atoms with Crippen molar-refractivity contribution in [3.63, 3.8) is 0 Å². The van der Waals surface area contributed by atoms with Crippen LogP contribution in [0.15, 0.2) is 53.8 Å². The fourth-order valence-electron chi connectivity index (χ4n) is 3.78. The molecule has 1 aliphatic carbocycles. The highest BCUT2D eigenvalue weighted by Gasteiger charge is 2.26. The third-order valence-corrected chi connectivity index (χ3v) is 6.14. The van der Waals surface area contributed by atoms with E-state index in [2.05, 4.69) is 45.2 Å². The fraction of sp³-hybridized carbons (Fsp3) is 0.300. The number of fused-ring (bicyclic) bond motifs is 2. The lowest BCUT2D eigenvalue weighted by Crippen LogP contribution is -2.32. The van der Waals surface area contributed by atoms with E-state index in [4.69, 9.17) is 0 Å². The van der Waals surface area contributed by atoms with Crippen LogP contribution in [0.3, 0.4) is 0 Å². The largest absolute Gasteiger partial charge is 0.355 e. The van der Waals surface area contributed by atoms with E-state index in [0.717, 1.165) is 5.88 Å². The molecule has 26 heavy (non-hydrogen) atoms. The molecule has 6 heteroatoms. The van der Waals surface area contributed by atoms with Crippen molar-refractivity contribution in [2.24, 2.45) is 0 Å². The lowest BCUT2D eigenvalue weighted by Gasteiger charge is -2.29. The number of benzene rings is 1. The van der Waals surface area contributed by atoms with Crippen LogP contribution in [0.4, 0.5) is 10.1 Å². The minimum atomic E-state index is -0.353. The first-order chi connectivity index (χ1) is 12.8. The Bertz CT molecular complexity index is 997. The average molecular weight is 366 g/mol. The molecule has 1 atom stereocenters. The van der Waals surface area contributed by atoms with E-state index < -0.39 is 0 Å². The van der Waals surface area contributed by atoms with Gasteiger partial charge in [0.1, 0.15) is 11.3 Å². The third-order valence-electron chi connectivity index (χ3n) is 5.10. The maximum atomic E-state index is 13.3. The molecule has 0 spiro atoms. The molecule has 0 unspecified atom stereocenters. The number of hydrogen-bond acceptors (Lipinski definition) is 4. The van der Waals surface area contributed by atoms with Gasteiger partial charge in [-0.15, -0.1) is 11.8 Å². The van der Waals surface area contributed by atoms with E-state index in [-0.39, 0.29) is 5.82 Å². The Morgan fingerprint density at radius 2 is 2.19 bits per heavy atom. The quantitative estimate of drug-likeness (QED) is 0.635. The second-order valence-electron chi connectivity index (χ2n) is 6.84. The van der Waals surface area contributed by atoms with Crippen LogP contribution in [0, 0.1) is 5.82 Å². The van der Waals surface area contributed by atoms with E-state index in [1.807, 2.05) is 16.3 Å². The van der Waals surface area contributed by atoms with E-state index in [0.29, 0.717) is 23.8 Å². The molecule has 0 bridgehead atoms. The van der Waals surface area contributed by atoms with Gasteiger partial charge in [-0.25, -0.2) is 14.4 Å². The molecule has 1 aliphatic heterocycles. The highest BCUT2D eigenvalue weighted by atomic mass is 32.2. The number of pyridine rings is 1. The van der Waals surface area contributed by atoms with Crippen LogP contribution >= 0.6 is 11.8 Å². The summed E-state index contributed by atoms with van der Waals surface area (Å²) in [6.45, 7) is 0.687. The summed E-state index contributed by atoms with van der Waals surface area (Å²) >= 11 is 1.90. The Kier molecular flexibility index (Phi) is 3.93. The molecule has 0 saturated heterocycles. The molecule has 4 nitrogen and oxygen atoms in total. The number of nitrogens with zero attached hydrogens (tertiary/aromatic N) is 4. The number of thioether (sulfide) groups is 1. The topological polar surface area (TPSA) is 34.0 Å². The number of anilines is 1. The van der Waals surface area contributed by atoms with Gasteiger partial charge in [0, 0.05) is 17.0 Å². The van der Waals surface area contributed by atoms with Crippen molar-refractivity contribution in [1.29, 1.82) is 0 Å². The molecule has 1 aromatic carbocycles. The van der Waals surface area contributed by atoms with Crippen LogP contribution < -0.4 is 4.90 Å². The van der Waals surface area contributed by atoms with Gasteiger partial charge in [0.15, 0.2) is 5.65 Å². The molecule has 0 N–H and O–H groups in total. The Morgan fingerprint density at radius 3 is 3.08 bits per heavy atom. The molecule has 5 rings (SSSR count). The summed E-state index contributed by atoms with van der Waals surface area (Å²) in [5, 5.41) is 0. The number of aromatic nitrogens is 3. The summed E-state index contributed by atoms with van der Waals surface area (Å²) in [6, 6.07) is 8.63. The standard InChI is InChI=1S/C20H19FN4S/c21-15-9-17-20(22-10-15)24(12-23-17)11-14-6-7-18-19(8-14)26-13-25(18)16-4-2-1-3-5-16/h2,4,6-10,12,16H,1,3,5,11,13H2/t16-/m0/s1. The first-order valence-electron chi connectivity index (χ1n) is 8.93. The predicted molar refractivity (Wildman–Crippen MR) is 103 cm³/mol. The number of imidazole rings is 1. The Balaban J connectivity index is 1.41. The molecule has 0 amide bonds. The van der Waals surface area contributed by atoms with Crippen LogP contribution in [-0.4, -0.2) is 26.5 Å². The van der Waals surface area contributed by atoms with E-state index in [1.54, 1.807) is 6.33 Å². The maximum absolute atomic E-state index is 13.3. The summed E-state index contributed by atoms with van der Waals surface area (Å²) in [5.41, 5.74) is 3.86. The van der Waals surface area contributed by atoms with Crippen LogP contribution in [0.25, 0.3) is 11.2 Å². The number of halogens is 1. The van der Waals surface area contributed by atoms with Crippen molar-refractivity contribution >= 4 is 28.6 Å². The lowest BCUT2D eigenvalue weighted by molar-refractivity contribution is 0.613. The van der Waals surface area contributed by atoms with Gasteiger partial charge in [-0.1, -0.05) is 18.2 Å². The Morgan fingerprint density at radius 1 is 1.23 bits per heavy atom. The second-order valence-corrected chi connectivity index (χ2v) is 7.83. The van der Waals surface area contributed by atoms with Gasteiger partial charge >= 0.3 is 0 Å². The predicted octanol–water partition coefficient (Wildman–Crippen LogP) is 4.60. The van der Waals surface area contributed by atoms with Crippen LogP contribution in [0.5, 0.6) is 0 Å². The van der Waals surface area contributed by atoms with Gasteiger partial charge in [-0.2, -0.15) is 0 Å². The van der Waals surface area contributed by atoms with Gasteiger partial charge in [0.2, 0.25) is 0 Å². The zero-order valence-corrected chi connectivity index (χ0v) is 15.1. The molecule has 3 heterocycles. The maximum Gasteiger partial charge on any atom is 0.160 e. The zero-order chi connectivity index (χ0) is 17.5. The smallest absolute Gasteiger partial charge is 0.160 e. The van der Waals surface area contributed by atoms with Crippen molar-refractivity contribution in [2.45, 2.75) is 36.7 Å². The van der Waals surface area contributed by atoms with Gasteiger partial charge in [0.05, 0.1) is 30.6 Å². The summed E-state index contributed by atoms with van der Waals surface area (Å²) < 4.78 is 15.3. The first-order valence-corrected chi connectivity index (χ1v) is 9.92. The van der Waals surface area contributed by atoms with Crippen molar-refractivity contribution in [3.05, 3.63) is 60.3 Å². The molecule has 2 aliphatic rings. The van der Waals surface area contributed by atoms with E-state index >= 15 is 0 Å². The van der Waals surface area contributed by atoms with Crippen LogP contribution in [0.1, 0.15) is 24.8 Å². The minimum absolute atomic E-state index is 0.353. The summed E-state index contributed by atoms with van der Waals surface area (Å²) in [5.74, 6) is 0.663. The molecule has 3 aromatic rings. The number of allylic oxidation sites excluding steroid dienone is 1. The Labute approximate surface area is 155 Å². The monoisotopic (exact) mass is 366 g/mol. The first kappa shape index (κ1) is 15.9. The fourth-order valence-corrected chi connectivity index (χ4v) is 4.96. The highest BCUT2D eigenvalue weighted by Crippen LogP contribution is 2.41. The molecular weight excluding hydrogens is 347 g/mol. The van der Waals surface area contributed by atoms with Crippen molar-refractivity contribution in [2.75, 3.05) is 10.8 Å². The molecular formula is C20H19FN4S. The van der Waals surface area contributed by atoms with Crippen molar-refractivity contribution < 1.29 is 4.39 Å². The molecule has 2 aromatic heterocycles. The molecule has 0 fully saturated rings. The minimum Gasteiger partial charge on any atom is -0.355 e. The highest BCUT2D eigenvalue weighted by molar-refractivity contribution is 7.99. The van der Waals surface area contributed by atoms with Crippen molar-refractivity contribution in [1.82, 2.24) is 14.5 Å². The van der Waals surface area contributed by atoms with Gasteiger partial charge in [-0.3, -0.25) is 0 Å². The van der Waals surface area contributed by atoms with Crippen molar-refractivity contribution in [3.8, 4) is 0 Å². The van der Waals surface area contributed by atoms with E-state index in [9.17, 15) is 4.39 Å². The third kappa shape index (κ3) is 2.78. The lowest BCUT2D eigenvalue weighted by atomic mass is 10.0.